The molecule has 1 aromatic heterocycles. The summed E-state index contributed by atoms with van der Waals surface area (Å²) in [5, 5.41) is 1.01. The summed E-state index contributed by atoms with van der Waals surface area (Å²) in [6.07, 6.45) is 3.74. The molecule has 0 aliphatic heterocycles. The highest BCUT2D eigenvalue weighted by Gasteiger charge is 2.10. The molecular weight excluding hydrogens is 338 g/mol. The molecule has 108 valence electrons. The average Bonchev–Trinajstić information content (AvgIpc) is 2.77. The smallest absolute Gasteiger partial charge is 0.299 e. The van der Waals surface area contributed by atoms with E-state index in [0.29, 0.717) is 12.0 Å². The fourth-order valence-corrected chi connectivity index (χ4v) is 3.55. The van der Waals surface area contributed by atoms with Crippen LogP contribution in [0.15, 0.2) is 23.0 Å². The van der Waals surface area contributed by atoms with E-state index in [1.807, 2.05) is 29.7 Å². The number of ketones is 1. The molecule has 5 heteroatoms. The number of carbonyl (C=O) groups excluding carboxylic acids is 1. The van der Waals surface area contributed by atoms with Crippen molar-refractivity contribution in [2.24, 2.45) is 0 Å². The fourth-order valence-electron chi connectivity index (χ4n) is 2.20. The number of alkyl halides is 1. The van der Waals surface area contributed by atoms with Crippen molar-refractivity contribution in [2.75, 3.05) is 5.33 Å². The van der Waals surface area contributed by atoms with Crippen LogP contribution in [-0.2, 0) is 6.54 Å². The topological polar surface area (TPSA) is 39.1 Å². The summed E-state index contributed by atoms with van der Waals surface area (Å²) in [5.74, 6) is 0.122. The Kier molecular flexibility index (Phi) is 5.54. The van der Waals surface area contributed by atoms with Gasteiger partial charge in [-0.25, -0.2) is 0 Å². The first-order valence-electron chi connectivity index (χ1n) is 6.90. The molecular formula is C15H18BrNO2S. The molecule has 0 saturated heterocycles. The van der Waals surface area contributed by atoms with Crippen molar-refractivity contribution in [3.05, 3.63) is 33.4 Å². The van der Waals surface area contributed by atoms with E-state index in [1.165, 1.54) is 11.3 Å². The lowest BCUT2D eigenvalue weighted by atomic mass is 10.1. The number of Topliss-reactive ketones (excluding diaryl/α,β-unsaturated/α-hetero) is 1. The van der Waals surface area contributed by atoms with Crippen molar-refractivity contribution in [3.63, 3.8) is 0 Å². The molecule has 2 rings (SSSR count). The molecule has 0 aliphatic rings. The van der Waals surface area contributed by atoms with Gasteiger partial charge in [-0.05, 0) is 31.0 Å². The van der Waals surface area contributed by atoms with Gasteiger partial charge in [0.2, 0.25) is 0 Å². The molecule has 0 atom stereocenters. The number of nitrogens with zero attached hydrogens (tertiary/aromatic N) is 1. The van der Waals surface area contributed by atoms with Crippen molar-refractivity contribution < 1.29 is 4.79 Å². The van der Waals surface area contributed by atoms with E-state index >= 15 is 0 Å². The second kappa shape index (κ2) is 7.18. The second-order valence-electron chi connectivity index (χ2n) is 4.73. The first kappa shape index (κ1) is 15.4. The summed E-state index contributed by atoms with van der Waals surface area (Å²) < 4.78 is 2.74. The average molecular weight is 356 g/mol. The molecule has 0 unspecified atom stereocenters. The lowest BCUT2D eigenvalue weighted by Gasteiger charge is -2.04. The van der Waals surface area contributed by atoms with Crippen LogP contribution in [0.4, 0.5) is 0 Å². The van der Waals surface area contributed by atoms with Crippen LogP contribution in [-0.4, -0.2) is 15.7 Å². The molecule has 0 amide bonds. The predicted octanol–water partition coefficient (Wildman–Crippen LogP) is 4.22. The fraction of sp³-hybridized carbons (Fsp3) is 0.467. The number of hydrogen-bond donors (Lipinski definition) is 0. The summed E-state index contributed by atoms with van der Waals surface area (Å²) in [5.41, 5.74) is 1.65. The van der Waals surface area contributed by atoms with Crippen molar-refractivity contribution in [2.45, 2.75) is 39.2 Å². The number of aryl methyl sites for hydroxylation is 1. The first-order valence-corrected chi connectivity index (χ1v) is 8.83. The molecule has 0 N–H and O–H groups in total. The van der Waals surface area contributed by atoms with E-state index in [1.54, 1.807) is 0 Å². The standard InChI is InChI=1S/C15H18BrNO2S/c1-2-13(18)11-6-7-12-14(10-11)20-15(19)17(12)9-5-3-4-8-16/h6-7,10H,2-5,8-9H2,1H3. The van der Waals surface area contributed by atoms with Gasteiger partial charge in [0, 0.05) is 23.9 Å². The number of rotatable bonds is 7. The highest BCUT2D eigenvalue weighted by Crippen LogP contribution is 2.20. The van der Waals surface area contributed by atoms with Crippen molar-refractivity contribution >= 4 is 43.3 Å². The van der Waals surface area contributed by atoms with E-state index in [9.17, 15) is 9.59 Å². The van der Waals surface area contributed by atoms with Gasteiger partial charge in [0.05, 0.1) is 10.2 Å². The Balaban J connectivity index is 2.26. The van der Waals surface area contributed by atoms with E-state index in [0.717, 1.165) is 41.4 Å². The minimum absolute atomic E-state index is 0.0694. The number of aromatic nitrogens is 1. The van der Waals surface area contributed by atoms with Crippen LogP contribution in [0.25, 0.3) is 10.2 Å². The highest BCUT2D eigenvalue weighted by atomic mass is 79.9. The number of carbonyl (C=O) groups is 1. The Bertz CT molecular complexity index is 659. The second-order valence-corrected chi connectivity index (χ2v) is 6.51. The van der Waals surface area contributed by atoms with Gasteiger partial charge in [-0.15, -0.1) is 0 Å². The maximum atomic E-state index is 12.0. The van der Waals surface area contributed by atoms with Gasteiger partial charge in [-0.1, -0.05) is 40.6 Å². The van der Waals surface area contributed by atoms with E-state index in [2.05, 4.69) is 15.9 Å². The van der Waals surface area contributed by atoms with Crippen LogP contribution >= 0.6 is 27.3 Å². The van der Waals surface area contributed by atoms with Crippen LogP contribution in [0.5, 0.6) is 0 Å². The van der Waals surface area contributed by atoms with Crippen molar-refractivity contribution in [3.8, 4) is 0 Å². The van der Waals surface area contributed by atoms with Gasteiger partial charge in [-0.2, -0.15) is 0 Å². The van der Waals surface area contributed by atoms with E-state index in [-0.39, 0.29) is 10.7 Å². The van der Waals surface area contributed by atoms with Crippen LogP contribution in [0.3, 0.4) is 0 Å². The molecule has 0 saturated carbocycles. The van der Waals surface area contributed by atoms with Crippen molar-refractivity contribution in [1.82, 2.24) is 4.57 Å². The Hall–Kier alpha value is -0.940. The third-order valence-electron chi connectivity index (χ3n) is 3.33. The lowest BCUT2D eigenvalue weighted by Crippen LogP contribution is -2.12. The predicted molar refractivity (Wildman–Crippen MR) is 88.4 cm³/mol. The summed E-state index contributed by atoms with van der Waals surface area (Å²) in [7, 11) is 0. The Morgan fingerprint density at radius 3 is 2.80 bits per heavy atom. The van der Waals surface area contributed by atoms with Gasteiger partial charge in [0.25, 0.3) is 0 Å². The number of hydrogen-bond acceptors (Lipinski definition) is 3. The SMILES string of the molecule is CCC(=O)c1ccc2c(c1)sc(=O)n2CCCCCBr. The zero-order valence-corrected chi connectivity index (χ0v) is 13.9. The molecule has 1 aromatic carbocycles. The third kappa shape index (κ3) is 3.38. The molecule has 2 aromatic rings. The minimum Gasteiger partial charge on any atom is -0.299 e. The molecule has 0 spiro atoms. The Morgan fingerprint density at radius 2 is 2.10 bits per heavy atom. The van der Waals surface area contributed by atoms with Crippen LogP contribution < -0.4 is 4.87 Å². The summed E-state index contributed by atoms with van der Waals surface area (Å²) in [6.45, 7) is 2.61. The number of halogens is 1. The zero-order chi connectivity index (χ0) is 14.5. The Morgan fingerprint density at radius 1 is 1.30 bits per heavy atom. The number of benzene rings is 1. The highest BCUT2D eigenvalue weighted by molar-refractivity contribution is 9.09. The number of thiazole rings is 1. The molecule has 0 fully saturated rings. The zero-order valence-electron chi connectivity index (χ0n) is 11.5. The van der Waals surface area contributed by atoms with E-state index < -0.39 is 0 Å². The summed E-state index contributed by atoms with van der Waals surface area (Å²) in [4.78, 5) is 23.8. The summed E-state index contributed by atoms with van der Waals surface area (Å²) >= 11 is 4.64. The normalized spacial score (nSPS) is 11.1. The van der Waals surface area contributed by atoms with Crippen LogP contribution in [0, 0.1) is 0 Å². The van der Waals surface area contributed by atoms with E-state index in [4.69, 9.17) is 0 Å². The third-order valence-corrected chi connectivity index (χ3v) is 4.83. The molecule has 20 heavy (non-hydrogen) atoms. The maximum Gasteiger partial charge on any atom is 0.308 e. The molecule has 0 bridgehead atoms. The van der Waals surface area contributed by atoms with Gasteiger partial charge < -0.3 is 0 Å². The van der Waals surface area contributed by atoms with Gasteiger partial charge in [0.1, 0.15) is 0 Å². The van der Waals surface area contributed by atoms with Gasteiger partial charge in [-0.3, -0.25) is 14.2 Å². The van der Waals surface area contributed by atoms with Gasteiger partial charge in [0.15, 0.2) is 5.78 Å². The minimum atomic E-state index is 0.0694. The Labute approximate surface area is 130 Å². The molecule has 1 heterocycles. The molecule has 0 radical (unpaired) electrons. The monoisotopic (exact) mass is 355 g/mol. The number of fused-ring (bicyclic) bond motifs is 1. The van der Waals surface area contributed by atoms with Crippen LogP contribution in [0.1, 0.15) is 43.0 Å². The lowest BCUT2D eigenvalue weighted by molar-refractivity contribution is 0.0988. The first-order chi connectivity index (χ1) is 9.67. The van der Waals surface area contributed by atoms with Gasteiger partial charge >= 0.3 is 4.87 Å². The quantitative estimate of drug-likeness (QED) is 0.423. The maximum absolute atomic E-state index is 12.0. The summed E-state index contributed by atoms with van der Waals surface area (Å²) in [6, 6.07) is 5.58. The molecule has 0 aliphatic carbocycles. The molecule has 3 nitrogen and oxygen atoms in total. The van der Waals surface area contributed by atoms with Crippen molar-refractivity contribution in [1.29, 1.82) is 0 Å². The largest absolute Gasteiger partial charge is 0.308 e. The van der Waals surface area contributed by atoms with Crippen LogP contribution in [0.2, 0.25) is 0 Å². The number of unbranched alkanes of at least 4 members (excludes halogenated alkanes) is 2.